The van der Waals surface area contributed by atoms with Crippen LogP contribution < -0.4 is 20.3 Å². The number of methoxy groups -OCH3 is 1. The first kappa shape index (κ1) is 23.2. The maximum Gasteiger partial charge on any atom is 0.271 e. The standard InChI is InChI=1S/C21H19ClN4O5S/c1-31-18-9-6-15(20(27)25-26-21(28)16-3-2-10-23-13-16)11-19(18)32(29,30)24-12-14-4-7-17(22)8-5-14/h2-11,13,24H,12H2,1H3,(H,25,27)(H,26,28). The maximum atomic E-state index is 12.9. The van der Waals surface area contributed by atoms with Gasteiger partial charge in [0.25, 0.3) is 11.8 Å². The van der Waals surface area contributed by atoms with Gasteiger partial charge in [0, 0.05) is 29.5 Å². The summed E-state index contributed by atoms with van der Waals surface area (Å²) in [6.07, 6.45) is 2.85. The van der Waals surface area contributed by atoms with Crippen LogP contribution >= 0.6 is 11.6 Å². The number of carbonyl (C=O) groups excluding carboxylic acids is 2. The Labute approximate surface area is 189 Å². The van der Waals surface area contributed by atoms with Crippen molar-refractivity contribution in [2.24, 2.45) is 0 Å². The lowest BCUT2D eigenvalue weighted by Crippen LogP contribution is -2.41. The Morgan fingerprint density at radius 1 is 1.00 bits per heavy atom. The molecule has 166 valence electrons. The number of hydrazine groups is 1. The van der Waals surface area contributed by atoms with E-state index < -0.39 is 21.8 Å². The Hall–Kier alpha value is -3.47. The number of hydrogen-bond acceptors (Lipinski definition) is 6. The van der Waals surface area contributed by atoms with Gasteiger partial charge in [-0.1, -0.05) is 23.7 Å². The molecule has 3 rings (SSSR count). The fraction of sp³-hybridized carbons (Fsp3) is 0.0952. The number of nitrogens with one attached hydrogen (secondary N) is 3. The van der Waals surface area contributed by atoms with Gasteiger partial charge in [-0.2, -0.15) is 0 Å². The van der Waals surface area contributed by atoms with Gasteiger partial charge >= 0.3 is 0 Å². The molecule has 0 bridgehead atoms. The minimum atomic E-state index is -4.03. The molecule has 0 radical (unpaired) electrons. The van der Waals surface area contributed by atoms with Gasteiger partial charge in [0.05, 0.1) is 12.7 Å². The lowest BCUT2D eigenvalue weighted by Gasteiger charge is -2.13. The van der Waals surface area contributed by atoms with Gasteiger partial charge in [-0.15, -0.1) is 0 Å². The zero-order chi connectivity index (χ0) is 23.1. The van der Waals surface area contributed by atoms with E-state index in [2.05, 4.69) is 20.6 Å². The lowest BCUT2D eigenvalue weighted by molar-refractivity contribution is 0.0846. The molecule has 0 aliphatic heterocycles. The molecule has 0 aliphatic carbocycles. The predicted octanol–water partition coefficient (Wildman–Crippen LogP) is 2.30. The zero-order valence-corrected chi connectivity index (χ0v) is 18.4. The lowest BCUT2D eigenvalue weighted by atomic mass is 10.2. The number of nitrogens with zero attached hydrogens (tertiary/aromatic N) is 1. The second kappa shape index (κ2) is 10.2. The molecule has 0 unspecified atom stereocenters. The summed E-state index contributed by atoms with van der Waals surface area (Å²) in [6.45, 7) is 0.0141. The molecule has 2 aromatic carbocycles. The van der Waals surface area contributed by atoms with Gasteiger partial charge in [0.1, 0.15) is 10.6 Å². The maximum absolute atomic E-state index is 12.9. The van der Waals surface area contributed by atoms with Crippen molar-refractivity contribution in [3.63, 3.8) is 0 Å². The van der Waals surface area contributed by atoms with Crippen molar-refractivity contribution in [2.45, 2.75) is 11.4 Å². The second-order valence-corrected chi connectivity index (χ2v) is 8.64. The number of ether oxygens (including phenoxy) is 1. The Kier molecular flexibility index (Phi) is 7.41. The van der Waals surface area contributed by atoms with E-state index in [0.717, 1.165) is 6.07 Å². The summed E-state index contributed by atoms with van der Waals surface area (Å²) in [4.78, 5) is 28.1. The van der Waals surface area contributed by atoms with Crippen LogP contribution in [0.1, 0.15) is 26.3 Å². The van der Waals surface area contributed by atoms with E-state index in [0.29, 0.717) is 10.6 Å². The number of rotatable bonds is 7. The summed E-state index contributed by atoms with van der Waals surface area (Å²) in [7, 11) is -2.70. The highest BCUT2D eigenvalue weighted by Gasteiger charge is 2.22. The number of benzene rings is 2. The largest absolute Gasteiger partial charge is 0.495 e. The van der Waals surface area contributed by atoms with E-state index in [9.17, 15) is 18.0 Å². The van der Waals surface area contributed by atoms with Crippen LogP contribution in [-0.2, 0) is 16.6 Å². The van der Waals surface area contributed by atoms with Crippen molar-refractivity contribution in [3.05, 3.63) is 88.7 Å². The molecule has 32 heavy (non-hydrogen) atoms. The molecule has 0 fully saturated rings. The highest BCUT2D eigenvalue weighted by atomic mass is 35.5. The van der Waals surface area contributed by atoms with Crippen molar-refractivity contribution in [1.82, 2.24) is 20.6 Å². The predicted molar refractivity (Wildman–Crippen MR) is 118 cm³/mol. The normalized spacial score (nSPS) is 10.9. The third-order valence-electron chi connectivity index (χ3n) is 4.31. The zero-order valence-electron chi connectivity index (χ0n) is 16.8. The minimum Gasteiger partial charge on any atom is -0.495 e. The van der Waals surface area contributed by atoms with Crippen molar-refractivity contribution in [1.29, 1.82) is 0 Å². The highest BCUT2D eigenvalue weighted by molar-refractivity contribution is 7.89. The Balaban J connectivity index is 1.74. The van der Waals surface area contributed by atoms with Gasteiger partial charge in [-0.3, -0.25) is 25.4 Å². The topological polar surface area (TPSA) is 126 Å². The van der Waals surface area contributed by atoms with E-state index >= 15 is 0 Å². The number of amides is 2. The molecular weight excluding hydrogens is 456 g/mol. The van der Waals surface area contributed by atoms with Crippen LogP contribution in [0.25, 0.3) is 0 Å². The van der Waals surface area contributed by atoms with Crippen LogP contribution in [0, 0.1) is 0 Å². The fourth-order valence-corrected chi connectivity index (χ4v) is 3.98. The average Bonchev–Trinajstić information content (AvgIpc) is 2.82. The Bertz CT molecular complexity index is 1220. The molecule has 11 heteroatoms. The second-order valence-electron chi connectivity index (χ2n) is 6.47. The summed E-state index contributed by atoms with van der Waals surface area (Å²) in [6, 6.07) is 13.7. The number of aromatic nitrogens is 1. The van der Waals surface area contributed by atoms with E-state index in [4.69, 9.17) is 16.3 Å². The molecule has 1 heterocycles. The fourth-order valence-electron chi connectivity index (χ4n) is 2.64. The van der Waals surface area contributed by atoms with E-state index in [1.807, 2.05) is 0 Å². The molecule has 0 spiro atoms. The van der Waals surface area contributed by atoms with Gasteiger partial charge in [0.2, 0.25) is 10.0 Å². The molecule has 9 nitrogen and oxygen atoms in total. The van der Waals surface area contributed by atoms with Crippen LogP contribution in [-0.4, -0.2) is 32.3 Å². The molecule has 0 saturated carbocycles. The van der Waals surface area contributed by atoms with Crippen LogP contribution in [0.5, 0.6) is 5.75 Å². The van der Waals surface area contributed by atoms with Gasteiger partial charge < -0.3 is 4.74 Å². The van der Waals surface area contributed by atoms with Crippen LogP contribution in [0.3, 0.4) is 0 Å². The summed E-state index contributed by atoms with van der Waals surface area (Å²) < 4.78 is 33.3. The quantitative estimate of drug-likeness (QED) is 0.451. The minimum absolute atomic E-state index is 0.00385. The first-order valence-corrected chi connectivity index (χ1v) is 11.1. The number of carbonyl (C=O) groups is 2. The monoisotopic (exact) mass is 474 g/mol. The van der Waals surface area contributed by atoms with E-state index in [1.54, 1.807) is 30.3 Å². The van der Waals surface area contributed by atoms with Crippen molar-refractivity contribution in [2.75, 3.05) is 7.11 Å². The molecule has 0 saturated heterocycles. The molecule has 0 aliphatic rings. The van der Waals surface area contributed by atoms with Gasteiger partial charge in [0.15, 0.2) is 0 Å². The molecule has 3 aromatic rings. The van der Waals surface area contributed by atoms with Crippen LogP contribution in [0.4, 0.5) is 0 Å². The number of pyridine rings is 1. The summed E-state index contributed by atoms with van der Waals surface area (Å²) in [5, 5.41) is 0.535. The SMILES string of the molecule is COc1ccc(C(=O)NNC(=O)c2cccnc2)cc1S(=O)(=O)NCc1ccc(Cl)cc1. The smallest absolute Gasteiger partial charge is 0.271 e. The number of halogens is 1. The molecule has 2 amide bonds. The summed E-state index contributed by atoms with van der Waals surface area (Å²) in [5.74, 6) is -1.22. The number of sulfonamides is 1. The summed E-state index contributed by atoms with van der Waals surface area (Å²) in [5.41, 5.74) is 5.44. The Morgan fingerprint density at radius 2 is 1.69 bits per heavy atom. The van der Waals surface area contributed by atoms with Gasteiger partial charge in [-0.25, -0.2) is 13.1 Å². The van der Waals surface area contributed by atoms with Gasteiger partial charge in [-0.05, 0) is 48.0 Å². The van der Waals surface area contributed by atoms with Crippen molar-refractivity contribution in [3.8, 4) is 5.75 Å². The first-order valence-electron chi connectivity index (χ1n) is 9.23. The van der Waals surface area contributed by atoms with Crippen LogP contribution in [0.2, 0.25) is 5.02 Å². The van der Waals surface area contributed by atoms with Crippen LogP contribution in [0.15, 0.2) is 71.9 Å². The molecule has 1 aromatic heterocycles. The van der Waals surface area contributed by atoms with Crippen molar-refractivity contribution < 1.29 is 22.7 Å². The van der Waals surface area contributed by atoms with E-state index in [-0.39, 0.29) is 28.3 Å². The third-order valence-corrected chi connectivity index (χ3v) is 5.98. The molecular formula is C21H19ClN4O5S. The highest BCUT2D eigenvalue weighted by Crippen LogP contribution is 2.25. The third kappa shape index (κ3) is 5.82. The average molecular weight is 475 g/mol. The number of hydrogen-bond donors (Lipinski definition) is 3. The Morgan fingerprint density at radius 3 is 2.31 bits per heavy atom. The van der Waals surface area contributed by atoms with Crippen molar-refractivity contribution >= 4 is 33.4 Å². The molecule has 0 atom stereocenters. The summed E-state index contributed by atoms with van der Waals surface area (Å²) >= 11 is 5.84. The first-order chi connectivity index (χ1) is 15.3. The molecule has 3 N–H and O–H groups in total. The van der Waals surface area contributed by atoms with E-state index in [1.165, 1.54) is 37.7 Å².